The van der Waals surface area contributed by atoms with E-state index in [-0.39, 0.29) is 0 Å². The van der Waals surface area contributed by atoms with Gasteiger partial charge < -0.3 is 5.11 Å². The molecule has 2 rings (SSSR count). The molecule has 88 valence electrons. The number of aliphatic hydroxyl groups is 1. The average Bonchev–Trinajstić information content (AvgIpc) is 2.33. The molecule has 16 heavy (non-hydrogen) atoms. The van der Waals surface area contributed by atoms with Crippen LogP contribution in [0.2, 0.25) is 0 Å². The predicted molar refractivity (Wildman–Crippen MR) is 64.1 cm³/mol. The fourth-order valence-corrected chi connectivity index (χ4v) is 2.32. The van der Waals surface area contributed by atoms with Crippen molar-refractivity contribution in [3.63, 3.8) is 0 Å². The van der Waals surface area contributed by atoms with Crippen molar-refractivity contribution in [2.45, 2.75) is 38.3 Å². The third-order valence-corrected chi connectivity index (χ3v) is 3.38. The minimum atomic E-state index is -0.457. The van der Waals surface area contributed by atoms with Gasteiger partial charge in [0.15, 0.2) is 0 Å². The number of piperidine rings is 1. The maximum Gasteiger partial charge on any atom is 0.109 e. The van der Waals surface area contributed by atoms with E-state index >= 15 is 0 Å². The van der Waals surface area contributed by atoms with Crippen molar-refractivity contribution in [2.75, 3.05) is 13.1 Å². The molecule has 1 aliphatic rings. The molecular formula is C13H20N2O. The van der Waals surface area contributed by atoms with Crippen molar-refractivity contribution >= 4 is 0 Å². The molecule has 1 aromatic rings. The second-order valence-electron chi connectivity index (χ2n) is 4.61. The number of pyridine rings is 1. The lowest BCUT2D eigenvalue weighted by Crippen LogP contribution is -2.40. The number of likely N-dealkylation sites (tertiary alicyclic amines) is 1. The summed E-state index contributed by atoms with van der Waals surface area (Å²) in [4.78, 5) is 6.56. The van der Waals surface area contributed by atoms with Crippen molar-refractivity contribution in [1.82, 2.24) is 9.88 Å². The van der Waals surface area contributed by atoms with Crippen LogP contribution in [-0.2, 0) is 0 Å². The molecule has 0 saturated carbocycles. The van der Waals surface area contributed by atoms with Crippen LogP contribution in [0.25, 0.3) is 0 Å². The number of aromatic nitrogens is 1. The molecule has 1 saturated heterocycles. The topological polar surface area (TPSA) is 36.4 Å². The summed E-state index contributed by atoms with van der Waals surface area (Å²) >= 11 is 0. The molecule has 0 aliphatic carbocycles. The van der Waals surface area contributed by atoms with Crippen molar-refractivity contribution in [3.05, 3.63) is 30.1 Å². The largest absolute Gasteiger partial charge is 0.385 e. The molecule has 0 bridgehead atoms. The Hall–Kier alpha value is -0.930. The van der Waals surface area contributed by atoms with Gasteiger partial charge >= 0.3 is 0 Å². The highest BCUT2D eigenvalue weighted by Gasteiger charge is 2.21. The first-order valence-corrected chi connectivity index (χ1v) is 6.10. The monoisotopic (exact) mass is 220 g/mol. The van der Waals surface area contributed by atoms with E-state index in [1.807, 2.05) is 18.2 Å². The lowest BCUT2D eigenvalue weighted by Gasteiger charge is -2.34. The standard InChI is InChI=1S/C13H20N2O/c1-11-6-3-5-9-15(11)10-13(16)12-7-2-4-8-14-12/h2,4,7-8,11,13,16H,3,5-6,9-10H2,1H3. The van der Waals surface area contributed by atoms with Crippen LogP contribution in [0, 0.1) is 0 Å². The quantitative estimate of drug-likeness (QED) is 0.846. The van der Waals surface area contributed by atoms with Crippen LogP contribution in [0.4, 0.5) is 0 Å². The molecule has 1 aliphatic heterocycles. The van der Waals surface area contributed by atoms with Crippen molar-refractivity contribution in [2.24, 2.45) is 0 Å². The van der Waals surface area contributed by atoms with Gasteiger partial charge in [0.05, 0.1) is 5.69 Å². The molecular weight excluding hydrogens is 200 g/mol. The van der Waals surface area contributed by atoms with E-state index in [9.17, 15) is 5.11 Å². The highest BCUT2D eigenvalue weighted by Crippen LogP contribution is 2.20. The van der Waals surface area contributed by atoms with Crippen LogP contribution in [-0.4, -0.2) is 34.1 Å². The summed E-state index contributed by atoms with van der Waals surface area (Å²) in [5.74, 6) is 0. The smallest absolute Gasteiger partial charge is 0.109 e. The summed E-state index contributed by atoms with van der Waals surface area (Å²) in [6, 6.07) is 6.27. The zero-order valence-electron chi connectivity index (χ0n) is 9.84. The third kappa shape index (κ3) is 2.80. The van der Waals surface area contributed by atoms with E-state index in [0.717, 1.165) is 12.2 Å². The lowest BCUT2D eigenvalue weighted by atomic mass is 10.0. The summed E-state index contributed by atoms with van der Waals surface area (Å²) in [7, 11) is 0. The molecule has 1 fully saturated rings. The Morgan fingerprint density at radius 1 is 1.50 bits per heavy atom. The predicted octanol–water partition coefficient (Wildman–Crippen LogP) is 1.99. The fraction of sp³-hybridized carbons (Fsp3) is 0.615. The highest BCUT2D eigenvalue weighted by atomic mass is 16.3. The van der Waals surface area contributed by atoms with Gasteiger partial charge in [-0.1, -0.05) is 12.5 Å². The molecule has 2 heterocycles. The van der Waals surface area contributed by atoms with E-state index < -0.39 is 6.10 Å². The molecule has 3 nitrogen and oxygen atoms in total. The zero-order valence-corrected chi connectivity index (χ0v) is 9.84. The number of hydrogen-bond acceptors (Lipinski definition) is 3. The van der Waals surface area contributed by atoms with E-state index in [1.165, 1.54) is 19.3 Å². The normalized spacial score (nSPS) is 24.2. The number of aliphatic hydroxyl groups excluding tert-OH is 1. The van der Waals surface area contributed by atoms with Crippen LogP contribution in [0.5, 0.6) is 0 Å². The van der Waals surface area contributed by atoms with Crippen molar-refractivity contribution in [1.29, 1.82) is 0 Å². The molecule has 1 N–H and O–H groups in total. The van der Waals surface area contributed by atoms with Gasteiger partial charge in [-0.15, -0.1) is 0 Å². The van der Waals surface area contributed by atoms with Gasteiger partial charge in [0, 0.05) is 18.8 Å². The van der Waals surface area contributed by atoms with Crippen LogP contribution >= 0.6 is 0 Å². The van der Waals surface area contributed by atoms with E-state index in [0.29, 0.717) is 12.6 Å². The van der Waals surface area contributed by atoms with Crippen molar-refractivity contribution < 1.29 is 5.11 Å². The Bertz CT molecular complexity index is 315. The molecule has 2 unspecified atom stereocenters. The Kier molecular flexibility index (Phi) is 3.91. The van der Waals surface area contributed by atoms with Gasteiger partial charge in [-0.25, -0.2) is 0 Å². The summed E-state index contributed by atoms with van der Waals surface area (Å²) in [6.07, 6.45) is 5.09. The summed E-state index contributed by atoms with van der Waals surface area (Å²) in [5.41, 5.74) is 0.778. The second kappa shape index (κ2) is 5.41. The maximum atomic E-state index is 10.1. The molecule has 0 spiro atoms. The van der Waals surface area contributed by atoms with Crippen LogP contribution in [0.1, 0.15) is 38.0 Å². The number of rotatable bonds is 3. The van der Waals surface area contributed by atoms with E-state index in [1.54, 1.807) is 6.20 Å². The highest BCUT2D eigenvalue weighted by molar-refractivity contribution is 5.07. The SMILES string of the molecule is CC1CCCCN1CC(O)c1ccccn1. The first-order valence-electron chi connectivity index (χ1n) is 6.10. The Morgan fingerprint density at radius 2 is 2.38 bits per heavy atom. The van der Waals surface area contributed by atoms with Gasteiger partial charge in [-0.2, -0.15) is 0 Å². The number of hydrogen-bond donors (Lipinski definition) is 1. The first kappa shape index (κ1) is 11.6. The summed E-state index contributed by atoms with van der Waals surface area (Å²) in [6.45, 7) is 4.05. The first-order chi connectivity index (χ1) is 7.77. The van der Waals surface area contributed by atoms with Gasteiger partial charge in [-0.3, -0.25) is 9.88 Å². The molecule has 0 amide bonds. The van der Waals surface area contributed by atoms with Crippen LogP contribution < -0.4 is 0 Å². The Labute approximate surface area is 97.1 Å². The number of nitrogens with zero attached hydrogens (tertiary/aromatic N) is 2. The number of β-amino-alcohol motifs (C(OH)–C–C–N with tert-alkyl or cyclic N) is 1. The van der Waals surface area contributed by atoms with Gasteiger partial charge in [0.25, 0.3) is 0 Å². The minimum Gasteiger partial charge on any atom is -0.385 e. The molecule has 0 aromatic carbocycles. The molecule has 2 atom stereocenters. The van der Waals surface area contributed by atoms with Crippen molar-refractivity contribution in [3.8, 4) is 0 Å². The van der Waals surface area contributed by atoms with Gasteiger partial charge in [0.1, 0.15) is 6.10 Å². The van der Waals surface area contributed by atoms with E-state index in [4.69, 9.17) is 0 Å². The summed E-state index contributed by atoms with van der Waals surface area (Å²) < 4.78 is 0. The molecule has 1 aromatic heterocycles. The maximum absolute atomic E-state index is 10.1. The third-order valence-electron chi connectivity index (χ3n) is 3.38. The Morgan fingerprint density at radius 3 is 3.06 bits per heavy atom. The second-order valence-corrected chi connectivity index (χ2v) is 4.61. The zero-order chi connectivity index (χ0) is 11.4. The lowest BCUT2D eigenvalue weighted by molar-refractivity contribution is 0.0710. The minimum absolute atomic E-state index is 0.457. The van der Waals surface area contributed by atoms with E-state index in [2.05, 4.69) is 16.8 Å². The molecule has 0 radical (unpaired) electrons. The van der Waals surface area contributed by atoms with Crippen LogP contribution in [0.3, 0.4) is 0 Å². The summed E-state index contributed by atoms with van der Waals surface area (Å²) in [5, 5.41) is 10.1. The van der Waals surface area contributed by atoms with Gasteiger partial charge in [-0.05, 0) is 38.4 Å². The average molecular weight is 220 g/mol. The van der Waals surface area contributed by atoms with Crippen LogP contribution in [0.15, 0.2) is 24.4 Å². The fourth-order valence-electron chi connectivity index (χ4n) is 2.32. The molecule has 3 heteroatoms. The van der Waals surface area contributed by atoms with Gasteiger partial charge in [0.2, 0.25) is 0 Å². The Balaban J connectivity index is 1.94.